The second kappa shape index (κ2) is 8.47. The number of halogens is 4. The van der Waals surface area contributed by atoms with Gasteiger partial charge in [-0.05, 0) is 42.0 Å². The van der Waals surface area contributed by atoms with Crippen LogP contribution < -0.4 is 10.1 Å². The Kier molecular flexibility index (Phi) is 6.03. The molecule has 0 radical (unpaired) electrons. The van der Waals surface area contributed by atoms with Crippen molar-refractivity contribution in [2.45, 2.75) is 12.7 Å². The number of rotatable bonds is 6. The third-order valence-electron chi connectivity index (χ3n) is 3.78. The largest absolute Gasteiger partial charge is 0.484 e. The van der Waals surface area contributed by atoms with Crippen molar-refractivity contribution in [1.29, 1.82) is 0 Å². The lowest BCUT2D eigenvalue weighted by molar-refractivity contribution is -0.137. The monoisotopic (exact) mass is 453 g/mol. The zero-order chi connectivity index (χ0) is 20.1. The highest BCUT2D eigenvalue weighted by Crippen LogP contribution is 2.30. The van der Waals surface area contributed by atoms with Crippen molar-refractivity contribution in [3.63, 3.8) is 0 Å². The molecule has 146 valence electrons. The van der Waals surface area contributed by atoms with E-state index in [2.05, 4.69) is 26.3 Å². The van der Waals surface area contributed by atoms with Crippen LogP contribution in [0.4, 0.5) is 19.0 Å². The third-order valence-corrected chi connectivity index (χ3v) is 4.31. The van der Waals surface area contributed by atoms with Gasteiger partial charge in [0.05, 0.1) is 18.3 Å². The van der Waals surface area contributed by atoms with Gasteiger partial charge in [0.15, 0.2) is 6.61 Å². The number of ether oxygens (including phenoxy) is 1. The van der Waals surface area contributed by atoms with Crippen molar-refractivity contribution in [3.05, 3.63) is 76.4 Å². The van der Waals surface area contributed by atoms with E-state index in [0.717, 1.165) is 22.2 Å². The Hall–Kier alpha value is -2.81. The van der Waals surface area contributed by atoms with Crippen LogP contribution in [0, 0.1) is 0 Å². The molecular weight excluding hydrogens is 439 g/mol. The molecule has 1 heterocycles. The lowest BCUT2D eigenvalue weighted by Gasteiger charge is -2.11. The van der Waals surface area contributed by atoms with Crippen LogP contribution in [-0.2, 0) is 17.5 Å². The molecule has 3 aromatic rings. The summed E-state index contributed by atoms with van der Waals surface area (Å²) in [6, 6.07) is 13.5. The van der Waals surface area contributed by atoms with Gasteiger partial charge in [0.2, 0.25) is 0 Å². The number of hydrogen-bond donors (Lipinski definition) is 1. The molecule has 0 aliphatic carbocycles. The molecule has 0 bridgehead atoms. The summed E-state index contributed by atoms with van der Waals surface area (Å²) in [5.74, 6) is 0.216. The van der Waals surface area contributed by atoms with Gasteiger partial charge in [0.25, 0.3) is 5.91 Å². The molecule has 0 spiro atoms. The highest BCUT2D eigenvalue weighted by Gasteiger charge is 2.30. The van der Waals surface area contributed by atoms with E-state index in [0.29, 0.717) is 12.4 Å². The normalized spacial score (nSPS) is 11.3. The van der Waals surface area contributed by atoms with E-state index < -0.39 is 17.6 Å². The van der Waals surface area contributed by atoms with Crippen LogP contribution in [0.1, 0.15) is 11.1 Å². The first-order chi connectivity index (χ1) is 13.3. The summed E-state index contributed by atoms with van der Waals surface area (Å²) >= 11 is 3.37. The predicted octanol–water partition coefficient (Wildman–Crippen LogP) is 4.73. The van der Waals surface area contributed by atoms with Gasteiger partial charge >= 0.3 is 6.18 Å². The van der Waals surface area contributed by atoms with E-state index >= 15 is 0 Å². The minimum Gasteiger partial charge on any atom is -0.484 e. The minimum absolute atomic E-state index is 0.173. The van der Waals surface area contributed by atoms with Crippen LogP contribution in [0.2, 0.25) is 0 Å². The van der Waals surface area contributed by atoms with Gasteiger partial charge in [0.1, 0.15) is 11.6 Å². The molecule has 5 nitrogen and oxygen atoms in total. The van der Waals surface area contributed by atoms with Gasteiger partial charge < -0.3 is 10.1 Å². The molecule has 0 aliphatic heterocycles. The van der Waals surface area contributed by atoms with Crippen LogP contribution in [0.15, 0.2) is 65.3 Å². The predicted molar refractivity (Wildman–Crippen MR) is 101 cm³/mol. The van der Waals surface area contributed by atoms with E-state index in [4.69, 9.17) is 4.74 Å². The van der Waals surface area contributed by atoms with E-state index in [1.165, 1.54) is 12.1 Å². The lowest BCUT2D eigenvalue weighted by Crippen LogP contribution is -2.22. The number of carbonyl (C=O) groups is 1. The summed E-state index contributed by atoms with van der Waals surface area (Å²) < 4.78 is 45.5. The van der Waals surface area contributed by atoms with Crippen molar-refractivity contribution < 1.29 is 22.7 Å². The summed E-state index contributed by atoms with van der Waals surface area (Å²) in [7, 11) is 0. The number of nitrogens with one attached hydrogen (secondary N) is 1. The number of nitrogens with zero attached hydrogens (tertiary/aromatic N) is 2. The lowest BCUT2D eigenvalue weighted by atomic mass is 10.2. The van der Waals surface area contributed by atoms with E-state index in [9.17, 15) is 18.0 Å². The molecule has 1 amide bonds. The van der Waals surface area contributed by atoms with Crippen LogP contribution in [0.3, 0.4) is 0 Å². The van der Waals surface area contributed by atoms with E-state index in [1.54, 1.807) is 16.9 Å². The molecular formula is C19H15BrF3N3O2. The maximum atomic E-state index is 12.5. The highest BCUT2D eigenvalue weighted by molar-refractivity contribution is 9.10. The Bertz CT molecular complexity index is 938. The molecule has 0 fully saturated rings. The number of anilines is 1. The van der Waals surface area contributed by atoms with Gasteiger partial charge in [-0.1, -0.05) is 28.1 Å². The van der Waals surface area contributed by atoms with Crippen LogP contribution in [0.25, 0.3) is 0 Å². The van der Waals surface area contributed by atoms with Crippen molar-refractivity contribution in [3.8, 4) is 5.75 Å². The topological polar surface area (TPSA) is 56.1 Å². The molecule has 2 aromatic carbocycles. The van der Waals surface area contributed by atoms with Crippen molar-refractivity contribution >= 4 is 27.7 Å². The van der Waals surface area contributed by atoms with Crippen molar-refractivity contribution in [2.24, 2.45) is 0 Å². The van der Waals surface area contributed by atoms with Crippen LogP contribution in [-0.4, -0.2) is 22.3 Å². The van der Waals surface area contributed by atoms with Crippen molar-refractivity contribution in [1.82, 2.24) is 9.78 Å². The Morgan fingerprint density at radius 2 is 1.75 bits per heavy atom. The first-order valence-corrected chi connectivity index (χ1v) is 8.97. The number of aromatic nitrogens is 2. The van der Waals surface area contributed by atoms with Gasteiger partial charge in [0, 0.05) is 10.5 Å². The average molecular weight is 454 g/mol. The fourth-order valence-electron chi connectivity index (χ4n) is 2.40. The van der Waals surface area contributed by atoms with Gasteiger partial charge in [-0.15, -0.1) is 0 Å². The molecule has 0 saturated heterocycles. The quantitative estimate of drug-likeness (QED) is 0.586. The SMILES string of the molecule is O=C(COc1ccc(C(F)(F)F)cc1)Nc1ccnn1Cc1ccc(Br)cc1. The smallest absolute Gasteiger partial charge is 0.416 e. The second-order valence-electron chi connectivity index (χ2n) is 5.86. The first kappa shape index (κ1) is 19.9. The molecule has 0 saturated carbocycles. The zero-order valence-electron chi connectivity index (χ0n) is 14.4. The summed E-state index contributed by atoms with van der Waals surface area (Å²) in [4.78, 5) is 12.1. The summed E-state index contributed by atoms with van der Waals surface area (Å²) in [6.07, 6.45) is -2.85. The Labute approximate surface area is 167 Å². The maximum absolute atomic E-state index is 12.5. The summed E-state index contributed by atoms with van der Waals surface area (Å²) in [5.41, 5.74) is 0.226. The summed E-state index contributed by atoms with van der Waals surface area (Å²) in [5, 5.41) is 6.86. The van der Waals surface area contributed by atoms with Crippen LogP contribution in [0.5, 0.6) is 5.75 Å². The molecule has 0 atom stereocenters. The Morgan fingerprint density at radius 1 is 1.07 bits per heavy atom. The van der Waals surface area contributed by atoms with Crippen molar-refractivity contribution in [2.75, 3.05) is 11.9 Å². The molecule has 0 aliphatic rings. The number of alkyl halides is 3. The minimum atomic E-state index is -4.41. The maximum Gasteiger partial charge on any atom is 0.416 e. The van der Waals surface area contributed by atoms with Gasteiger partial charge in [-0.3, -0.25) is 4.79 Å². The standard InChI is InChI=1S/C19H15BrF3N3O2/c20-15-5-1-13(2-6-15)11-26-17(9-10-24-26)25-18(27)12-28-16-7-3-14(4-8-16)19(21,22)23/h1-10H,11-12H2,(H,25,27). The second-order valence-corrected chi connectivity index (χ2v) is 6.78. The number of amides is 1. The zero-order valence-corrected chi connectivity index (χ0v) is 16.0. The Balaban J connectivity index is 1.55. The summed E-state index contributed by atoms with van der Waals surface area (Å²) in [6.45, 7) is 0.129. The molecule has 0 unspecified atom stereocenters. The molecule has 1 N–H and O–H groups in total. The number of hydrogen-bond acceptors (Lipinski definition) is 3. The van der Waals surface area contributed by atoms with E-state index in [1.807, 2.05) is 24.3 Å². The van der Waals surface area contributed by atoms with Gasteiger partial charge in [-0.2, -0.15) is 18.3 Å². The highest BCUT2D eigenvalue weighted by atomic mass is 79.9. The first-order valence-electron chi connectivity index (χ1n) is 8.17. The molecule has 1 aromatic heterocycles. The molecule has 28 heavy (non-hydrogen) atoms. The fraction of sp³-hybridized carbons (Fsp3) is 0.158. The number of carbonyl (C=O) groups excluding carboxylic acids is 1. The van der Waals surface area contributed by atoms with Gasteiger partial charge in [-0.25, -0.2) is 4.68 Å². The molecule has 9 heteroatoms. The molecule has 3 rings (SSSR count). The van der Waals surface area contributed by atoms with E-state index in [-0.39, 0.29) is 12.4 Å². The number of benzene rings is 2. The fourth-order valence-corrected chi connectivity index (χ4v) is 2.66. The Morgan fingerprint density at radius 3 is 2.39 bits per heavy atom. The average Bonchev–Trinajstić information content (AvgIpc) is 3.08. The third kappa shape index (κ3) is 5.35. The van der Waals surface area contributed by atoms with Crippen LogP contribution >= 0.6 is 15.9 Å².